The average Bonchev–Trinajstić information content (AvgIpc) is 3.21. The van der Waals surface area contributed by atoms with Gasteiger partial charge in [-0.05, 0) is 29.8 Å². The molecule has 150 valence electrons. The van der Waals surface area contributed by atoms with Crippen LogP contribution >= 0.6 is 0 Å². The first-order valence-electron chi connectivity index (χ1n) is 8.89. The van der Waals surface area contributed by atoms with Gasteiger partial charge in [0.2, 0.25) is 6.79 Å². The summed E-state index contributed by atoms with van der Waals surface area (Å²) in [6.45, 7) is -0.630. The van der Waals surface area contributed by atoms with E-state index in [9.17, 15) is 20.1 Å². The number of nitrogens with one attached hydrogen (secondary N) is 1. The molecule has 0 aliphatic carbocycles. The number of carbonyl (C=O) groups excluding carboxylic acids is 1. The molecule has 4 atom stereocenters. The number of aliphatic hydroxyl groups is 4. The number of fused-ring (bicyclic) bond motifs is 1. The Morgan fingerprint density at radius 2 is 1.71 bits per heavy atom. The predicted molar refractivity (Wildman–Crippen MR) is 99.2 cm³/mol. The molecule has 3 rings (SSSR count). The first-order valence-corrected chi connectivity index (χ1v) is 8.89. The van der Waals surface area contributed by atoms with Crippen LogP contribution in [0, 0.1) is 0 Å². The van der Waals surface area contributed by atoms with Crippen molar-refractivity contribution in [1.29, 1.82) is 0 Å². The summed E-state index contributed by atoms with van der Waals surface area (Å²) in [5.41, 5.74) is 1.03. The lowest BCUT2D eigenvalue weighted by Crippen LogP contribution is -2.45. The van der Waals surface area contributed by atoms with E-state index in [-0.39, 0.29) is 19.2 Å². The van der Waals surface area contributed by atoms with Crippen molar-refractivity contribution in [3.05, 3.63) is 59.7 Å². The van der Waals surface area contributed by atoms with Crippen LogP contribution in [0.15, 0.2) is 48.5 Å². The van der Waals surface area contributed by atoms with Gasteiger partial charge in [-0.3, -0.25) is 4.79 Å². The molecule has 8 heteroatoms. The third-order valence-corrected chi connectivity index (χ3v) is 4.69. The Labute approximate surface area is 162 Å². The molecule has 1 heterocycles. The molecule has 0 unspecified atom stereocenters. The fourth-order valence-corrected chi connectivity index (χ4v) is 3.05. The zero-order valence-corrected chi connectivity index (χ0v) is 15.1. The molecule has 0 radical (unpaired) electrons. The van der Waals surface area contributed by atoms with Gasteiger partial charge in [0.15, 0.2) is 11.5 Å². The van der Waals surface area contributed by atoms with Crippen molar-refractivity contribution in [3.8, 4) is 11.5 Å². The van der Waals surface area contributed by atoms with Gasteiger partial charge in [-0.2, -0.15) is 0 Å². The maximum absolute atomic E-state index is 12.4. The molecule has 2 aromatic rings. The quantitative estimate of drug-likeness (QED) is 0.430. The topological polar surface area (TPSA) is 128 Å². The summed E-state index contributed by atoms with van der Waals surface area (Å²) in [5, 5.41) is 42.3. The molecular formula is C20H23NO7. The summed E-state index contributed by atoms with van der Waals surface area (Å²) in [5.74, 6) is -0.0587. The minimum Gasteiger partial charge on any atom is -0.454 e. The van der Waals surface area contributed by atoms with Gasteiger partial charge >= 0.3 is 0 Å². The summed E-state index contributed by atoms with van der Waals surface area (Å²) in [6, 6.07) is 13.6. The van der Waals surface area contributed by atoms with Crippen LogP contribution in [0.5, 0.6) is 11.5 Å². The van der Waals surface area contributed by atoms with Crippen LogP contribution in [-0.2, 0) is 0 Å². The van der Waals surface area contributed by atoms with E-state index in [1.54, 1.807) is 48.5 Å². The van der Waals surface area contributed by atoms with Gasteiger partial charge in [0.25, 0.3) is 5.91 Å². The highest BCUT2D eigenvalue weighted by molar-refractivity contribution is 5.94. The van der Waals surface area contributed by atoms with Crippen molar-refractivity contribution < 1.29 is 34.7 Å². The Hall–Kier alpha value is -2.65. The zero-order valence-electron chi connectivity index (χ0n) is 15.1. The van der Waals surface area contributed by atoms with E-state index in [4.69, 9.17) is 14.6 Å². The van der Waals surface area contributed by atoms with Gasteiger partial charge in [0.1, 0.15) is 12.2 Å². The number of rotatable bonds is 8. The Bertz CT molecular complexity index is 798. The highest BCUT2D eigenvalue weighted by atomic mass is 16.7. The molecule has 0 spiro atoms. The summed E-state index contributed by atoms with van der Waals surface area (Å²) in [6.07, 6.45) is -4.57. The average molecular weight is 389 g/mol. The Balaban J connectivity index is 1.81. The normalized spacial score (nSPS) is 16.9. The minimum absolute atomic E-state index is 0.0102. The first kappa shape index (κ1) is 20.1. The van der Waals surface area contributed by atoms with Crippen molar-refractivity contribution in [2.45, 2.75) is 24.2 Å². The molecule has 1 amide bonds. The molecule has 1 aliphatic rings. The molecule has 0 saturated heterocycles. The number of hydrogen-bond donors (Lipinski definition) is 5. The number of carbonyl (C=O) groups is 1. The van der Waals surface area contributed by atoms with Crippen molar-refractivity contribution in [2.75, 3.05) is 19.9 Å². The van der Waals surface area contributed by atoms with Crippen LogP contribution < -0.4 is 14.8 Å². The van der Waals surface area contributed by atoms with Gasteiger partial charge in [0, 0.05) is 18.0 Å². The molecule has 8 nitrogen and oxygen atoms in total. The molecule has 0 aromatic heterocycles. The van der Waals surface area contributed by atoms with Crippen LogP contribution in [-0.4, -0.2) is 64.6 Å². The molecule has 2 aromatic carbocycles. The summed E-state index contributed by atoms with van der Waals surface area (Å²) < 4.78 is 10.6. The molecule has 0 saturated carbocycles. The van der Waals surface area contributed by atoms with E-state index in [2.05, 4.69) is 5.32 Å². The van der Waals surface area contributed by atoms with Crippen molar-refractivity contribution >= 4 is 5.91 Å². The van der Waals surface area contributed by atoms with Crippen molar-refractivity contribution in [2.24, 2.45) is 0 Å². The van der Waals surface area contributed by atoms with Crippen molar-refractivity contribution in [1.82, 2.24) is 5.32 Å². The second-order valence-electron chi connectivity index (χ2n) is 6.53. The molecule has 0 fully saturated rings. The number of benzene rings is 2. The predicted octanol–water partition coefficient (Wildman–Crippen LogP) is 0.00390. The van der Waals surface area contributed by atoms with Gasteiger partial charge in [-0.15, -0.1) is 0 Å². The summed E-state index contributed by atoms with van der Waals surface area (Å²) in [7, 11) is 0. The van der Waals surface area contributed by atoms with E-state index in [1.807, 2.05) is 0 Å². The Kier molecular flexibility index (Phi) is 6.48. The maximum Gasteiger partial charge on any atom is 0.251 e. The van der Waals surface area contributed by atoms with E-state index >= 15 is 0 Å². The van der Waals surface area contributed by atoms with E-state index in [0.717, 1.165) is 0 Å². The summed E-state index contributed by atoms with van der Waals surface area (Å²) >= 11 is 0. The lowest BCUT2D eigenvalue weighted by atomic mass is 9.88. The van der Waals surface area contributed by atoms with E-state index in [1.165, 1.54) is 0 Å². The fraction of sp³-hybridized carbons (Fsp3) is 0.350. The van der Waals surface area contributed by atoms with Gasteiger partial charge in [-0.25, -0.2) is 0 Å². The van der Waals surface area contributed by atoms with Crippen LogP contribution in [0.25, 0.3) is 0 Å². The maximum atomic E-state index is 12.4. The smallest absolute Gasteiger partial charge is 0.251 e. The standard InChI is InChI=1S/C20H23NO7/c22-10-15(23)19(25)18(24)14(9-21-20(26)12-4-2-1-3-5-12)13-6-7-16-17(8-13)28-11-27-16/h1-8,14-15,18-19,22-25H,9-11H2,(H,21,26)/t14-,15-,18+,19+/m0/s1. The lowest BCUT2D eigenvalue weighted by Gasteiger charge is -2.29. The SMILES string of the molecule is O=C(NC[C@@H](c1ccc2c(c1)OCO2)[C@@H](O)[C@H](O)[C@@H](O)CO)c1ccccc1. The van der Waals surface area contributed by atoms with Crippen LogP contribution in [0.1, 0.15) is 21.8 Å². The number of hydrogen-bond acceptors (Lipinski definition) is 7. The number of aliphatic hydroxyl groups excluding tert-OH is 4. The van der Waals surface area contributed by atoms with Crippen LogP contribution in [0.2, 0.25) is 0 Å². The third kappa shape index (κ3) is 4.42. The second-order valence-corrected chi connectivity index (χ2v) is 6.53. The highest BCUT2D eigenvalue weighted by Crippen LogP contribution is 2.35. The second kappa shape index (κ2) is 9.03. The van der Waals surface area contributed by atoms with Gasteiger partial charge < -0.3 is 35.2 Å². The molecule has 1 aliphatic heterocycles. The largest absolute Gasteiger partial charge is 0.454 e. The monoisotopic (exact) mass is 389 g/mol. The van der Waals surface area contributed by atoms with E-state index in [0.29, 0.717) is 22.6 Å². The van der Waals surface area contributed by atoms with E-state index < -0.39 is 30.8 Å². The minimum atomic E-state index is -1.60. The Morgan fingerprint density at radius 3 is 2.43 bits per heavy atom. The fourth-order valence-electron chi connectivity index (χ4n) is 3.05. The van der Waals surface area contributed by atoms with Gasteiger partial charge in [-0.1, -0.05) is 24.3 Å². The summed E-state index contributed by atoms with van der Waals surface area (Å²) in [4.78, 5) is 12.4. The highest BCUT2D eigenvalue weighted by Gasteiger charge is 2.33. The molecule has 0 bridgehead atoms. The lowest BCUT2D eigenvalue weighted by molar-refractivity contribution is -0.0839. The first-order chi connectivity index (χ1) is 13.5. The third-order valence-electron chi connectivity index (χ3n) is 4.69. The van der Waals surface area contributed by atoms with Crippen molar-refractivity contribution in [3.63, 3.8) is 0 Å². The number of amides is 1. The molecule has 5 N–H and O–H groups in total. The number of ether oxygens (including phenoxy) is 2. The molecule has 28 heavy (non-hydrogen) atoms. The Morgan fingerprint density at radius 1 is 1.00 bits per heavy atom. The molecular weight excluding hydrogens is 366 g/mol. The van der Waals surface area contributed by atoms with Crippen LogP contribution in [0.3, 0.4) is 0 Å². The van der Waals surface area contributed by atoms with Crippen LogP contribution in [0.4, 0.5) is 0 Å². The zero-order chi connectivity index (χ0) is 20.1. The van der Waals surface area contributed by atoms with Gasteiger partial charge in [0.05, 0.1) is 12.7 Å².